The van der Waals surface area contributed by atoms with Crippen LogP contribution in [0.1, 0.15) is 36.5 Å². The fourth-order valence-corrected chi connectivity index (χ4v) is 1.46. The van der Waals surface area contributed by atoms with Crippen LogP contribution in [-0.4, -0.2) is 19.0 Å². The first-order valence-corrected chi connectivity index (χ1v) is 6.10. The van der Waals surface area contributed by atoms with Crippen molar-refractivity contribution in [3.8, 4) is 0 Å². The molecule has 1 rings (SSSR count). The van der Waals surface area contributed by atoms with E-state index in [1.807, 2.05) is 6.92 Å². The van der Waals surface area contributed by atoms with Crippen LogP contribution in [0, 0.1) is 5.82 Å². The van der Waals surface area contributed by atoms with Gasteiger partial charge in [0.2, 0.25) is 0 Å². The molecule has 0 radical (unpaired) electrons. The van der Waals surface area contributed by atoms with E-state index in [1.165, 1.54) is 24.3 Å². The zero-order valence-electron chi connectivity index (χ0n) is 10.7. The number of Topliss-reactive ketones (excluding diaryl/α,β-unsaturated/α-hetero) is 1. The molecule has 0 aliphatic rings. The van der Waals surface area contributed by atoms with Crippen LogP contribution in [0.5, 0.6) is 0 Å². The van der Waals surface area contributed by atoms with Crippen LogP contribution < -0.4 is 0 Å². The van der Waals surface area contributed by atoms with Crippen molar-refractivity contribution < 1.29 is 13.9 Å². The van der Waals surface area contributed by atoms with Gasteiger partial charge < -0.3 is 4.74 Å². The first-order chi connectivity index (χ1) is 8.59. The maximum absolute atomic E-state index is 12.7. The molecule has 0 fully saturated rings. The molecule has 18 heavy (non-hydrogen) atoms. The lowest BCUT2D eigenvalue weighted by molar-refractivity contribution is 0.0940. The lowest BCUT2D eigenvalue weighted by Crippen LogP contribution is -2.03. The van der Waals surface area contributed by atoms with Crippen molar-refractivity contribution in [2.75, 3.05) is 13.2 Å². The topological polar surface area (TPSA) is 26.3 Å². The van der Waals surface area contributed by atoms with Crippen LogP contribution in [0.15, 0.2) is 36.4 Å². The standard InChI is InChI=1S/C15H19FO2/c1-12(2)9-11-18-10-3-4-15(17)13-5-7-14(16)8-6-13/h5-8H,1,3-4,9-11H2,2H3. The Bertz CT molecular complexity index is 395. The number of carbonyl (C=O) groups excluding carboxylic acids is 1. The summed E-state index contributed by atoms with van der Waals surface area (Å²) in [4.78, 5) is 11.7. The third-order valence-corrected chi connectivity index (χ3v) is 2.53. The van der Waals surface area contributed by atoms with E-state index >= 15 is 0 Å². The van der Waals surface area contributed by atoms with E-state index in [0.717, 1.165) is 12.0 Å². The van der Waals surface area contributed by atoms with Crippen LogP contribution >= 0.6 is 0 Å². The minimum absolute atomic E-state index is 0.0264. The Balaban J connectivity index is 2.17. The fraction of sp³-hybridized carbons (Fsp3) is 0.400. The van der Waals surface area contributed by atoms with Gasteiger partial charge in [-0.15, -0.1) is 6.58 Å². The second-order valence-electron chi connectivity index (χ2n) is 4.35. The Morgan fingerprint density at radius 3 is 2.50 bits per heavy atom. The van der Waals surface area contributed by atoms with Gasteiger partial charge >= 0.3 is 0 Å². The maximum atomic E-state index is 12.7. The predicted octanol–water partition coefficient (Wildman–Crippen LogP) is 3.77. The number of rotatable bonds is 8. The minimum atomic E-state index is -0.324. The lowest BCUT2D eigenvalue weighted by Gasteiger charge is -2.04. The number of benzene rings is 1. The van der Waals surface area contributed by atoms with Gasteiger partial charge in [-0.3, -0.25) is 4.79 Å². The molecule has 0 spiro atoms. The molecule has 3 heteroatoms. The molecule has 0 aliphatic carbocycles. The number of halogens is 1. The van der Waals surface area contributed by atoms with Crippen LogP contribution in [0.25, 0.3) is 0 Å². The smallest absolute Gasteiger partial charge is 0.162 e. The highest BCUT2D eigenvalue weighted by atomic mass is 19.1. The summed E-state index contributed by atoms with van der Waals surface area (Å²) >= 11 is 0. The Morgan fingerprint density at radius 1 is 1.22 bits per heavy atom. The minimum Gasteiger partial charge on any atom is -0.381 e. The molecular formula is C15H19FO2. The highest BCUT2D eigenvalue weighted by Gasteiger charge is 2.05. The van der Waals surface area contributed by atoms with E-state index in [0.29, 0.717) is 31.6 Å². The van der Waals surface area contributed by atoms with E-state index in [2.05, 4.69) is 6.58 Å². The number of hydrogen-bond acceptors (Lipinski definition) is 2. The van der Waals surface area contributed by atoms with Crippen molar-refractivity contribution in [1.29, 1.82) is 0 Å². The van der Waals surface area contributed by atoms with Crippen molar-refractivity contribution in [3.63, 3.8) is 0 Å². The molecule has 0 N–H and O–H groups in total. The molecule has 98 valence electrons. The first-order valence-electron chi connectivity index (χ1n) is 6.10. The molecule has 1 aromatic rings. The van der Waals surface area contributed by atoms with Crippen LogP contribution in [-0.2, 0) is 4.74 Å². The molecule has 1 aromatic carbocycles. The average Bonchev–Trinajstić information content (AvgIpc) is 2.34. The highest BCUT2D eigenvalue weighted by Crippen LogP contribution is 2.07. The Kier molecular flexibility index (Phi) is 6.29. The lowest BCUT2D eigenvalue weighted by atomic mass is 10.1. The van der Waals surface area contributed by atoms with E-state index in [1.54, 1.807) is 0 Å². The maximum Gasteiger partial charge on any atom is 0.162 e. The molecule has 0 amide bonds. The Labute approximate surface area is 107 Å². The second-order valence-corrected chi connectivity index (χ2v) is 4.35. The number of hydrogen-bond donors (Lipinski definition) is 0. The monoisotopic (exact) mass is 250 g/mol. The van der Waals surface area contributed by atoms with Crippen molar-refractivity contribution in [2.24, 2.45) is 0 Å². The van der Waals surface area contributed by atoms with Gasteiger partial charge in [-0.2, -0.15) is 0 Å². The summed E-state index contributed by atoms with van der Waals surface area (Å²) in [5.74, 6) is -0.298. The summed E-state index contributed by atoms with van der Waals surface area (Å²) in [5, 5.41) is 0. The summed E-state index contributed by atoms with van der Waals surface area (Å²) in [6, 6.07) is 5.63. The van der Waals surface area contributed by atoms with E-state index in [9.17, 15) is 9.18 Å². The summed E-state index contributed by atoms with van der Waals surface area (Å²) in [7, 11) is 0. The molecule has 0 saturated carbocycles. The van der Waals surface area contributed by atoms with Crippen LogP contribution in [0.4, 0.5) is 4.39 Å². The number of carbonyl (C=O) groups is 1. The van der Waals surface area contributed by atoms with Crippen LogP contribution in [0.3, 0.4) is 0 Å². The SMILES string of the molecule is C=C(C)CCOCCCC(=O)c1ccc(F)cc1. The average molecular weight is 250 g/mol. The van der Waals surface area contributed by atoms with Crippen molar-refractivity contribution in [3.05, 3.63) is 47.8 Å². The zero-order chi connectivity index (χ0) is 13.4. The number of ether oxygens (including phenoxy) is 1. The third kappa shape index (κ3) is 5.73. The molecule has 0 heterocycles. The summed E-state index contributed by atoms with van der Waals surface area (Å²) in [5.41, 5.74) is 1.65. The van der Waals surface area contributed by atoms with Gasteiger partial charge in [0.15, 0.2) is 5.78 Å². The summed E-state index contributed by atoms with van der Waals surface area (Å²) in [6.45, 7) is 6.97. The molecule has 0 unspecified atom stereocenters. The van der Waals surface area contributed by atoms with Gasteiger partial charge in [-0.25, -0.2) is 4.39 Å². The zero-order valence-corrected chi connectivity index (χ0v) is 10.7. The number of ketones is 1. The Morgan fingerprint density at radius 2 is 1.89 bits per heavy atom. The van der Waals surface area contributed by atoms with Crippen molar-refractivity contribution >= 4 is 5.78 Å². The van der Waals surface area contributed by atoms with Gasteiger partial charge in [0, 0.05) is 18.6 Å². The van der Waals surface area contributed by atoms with Crippen molar-refractivity contribution in [1.82, 2.24) is 0 Å². The largest absolute Gasteiger partial charge is 0.381 e. The van der Waals surface area contributed by atoms with E-state index in [-0.39, 0.29) is 11.6 Å². The van der Waals surface area contributed by atoms with E-state index < -0.39 is 0 Å². The molecule has 0 atom stereocenters. The van der Waals surface area contributed by atoms with Crippen LogP contribution in [0.2, 0.25) is 0 Å². The van der Waals surface area contributed by atoms with Crippen molar-refractivity contribution in [2.45, 2.75) is 26.2 Å². The molecule has 2 nitrogen and oxygen atoms in total. The molecule has 0 saturated heterocycles. The first kappa shape index (κ1) is 14.6. The van der Waals surface area contributed by atoms with Gasteiger partial charge in [-0.1, -0.05) is 5.57 Å². The van der Waals surface area contributed by atoms with E-state index in [4.69, 9.17) is 4.74 Å². The van der Waals surface area contributed by atoms with Gasteiger partial charge in [0.05, 0.1) is 6.61 Å². The molecular weight excluding hydrogens is 231 g/mol. The Hall–Kier alpha value is -1.48. The van der Waals surface area contributed by atoms with Gasteiger partial charge in [0.1, 0.15) is 5.82 Å². The summed E-state index contributed by atoms with van der Waals surface area (Å²) < 4.78 is 18.0. The predicted molar refractivity (Wildman–Crippen MR) is 70.2 cm³/mol. The van der Waals surface area contributed by atoms with Gasteiger partial charge in [-0.05, 0) is 44.0 Å². The highest BCUT2D eigenvalue weighted by molar-refractivity contribution is 5.95. The summed E-state index contributed by atoms with van der Waals surface area (Å²) in [6.07, 6.45) is 1.97. The second kappa shape index (κ2) is 7.77. The molecule has 0 aromatic heterocycles. The third-order valence-electron chi connectivity index (χ3n) is 2.53. The molecule has 0 aliphatic heterocycles. The fourth-order valence-electron chi connectivity index (χ4n) is 1.46. The molecule has 0 bridgehead atoms. The van der Waals surface area contributed by atoms with Gasteiger partial charge in [0.25, 0.3) is 0 Å². The normalized spacial score (nSPS) is 10.3. The quantitative estimate of drug-likeness (QED) is 0.399.